The highest BCUT2D eigenvalue weighted by atomic mass is 15.2. The molecule has 4 nitrogen and oxygen atoms in total. The average Bonchev–Trinajstić information content (AvgIpc) is 1.53. The molecule has 0 atom stereocenters. The predicted octanol–water partition coefficient (Wildman–Crippen LogP) is 22.8. The second-order valence-electron chi connectivity index (χ2n) is 23.1. The summed E-state index contributed by atoms with van der Waals surface area (Å²) in [6.45, 7) is 4.30. The summed E-state index contributed by atoms with van der Waals surface area (Å²) in [5.74, 6) is 0. The first-order chi connectivity index (χ1) is 43.0. The third kappa shape index (κ3) is 8.67. The minimum Gasteiger partial charge on any atom is -0.311 e. The Labute approximate surface area is 509 Å². The fourth-order valence-corrected chi connectivity index (χ4v) is 14.0. The van der Waals surface area contributed by atoms with Crippen LogP contribution < -0.4 is 19.6 Å². The van der Waals surface area contributed by atoms with Gasteiger partial charge in [0, 0.05) is 68.2 Å². The summed E-state index contributed by atoms with van der Waals surface area (Å²) in [6, 6.07) is 121. The minimum atomic E-state index is -0.589. The summed E-state index contributed by atoms with van der Waals surface area (Å²) in [5.41, 5.74) is 25.4. The maximum Gasteiger partial charge on any atom is 0.0731 e. The largest absolute Gasteiger partial charge is 0.311 e. The summed E-state index contributed by atoms with van der Waals surface area (Å²) >= 11 is 0. The lowest BCUT2D eigenvalue weighted by atomic mass is 9.69. The maximum atomic E-state index is 2.53. The van der Waals surface area contributed by atoms with Crippen molar-refractivity contribution in [3.63, 3.8) is 0 Å². The fraction of sp³-hybridized carbons (Fsp3) is 0.0361. The van der Waals surface area contributed by atoms with Crippen molar-refractivity contribution >= 4 is 89.8 Å². The average molecular weight is 1110 g/mol. The van der Waals surface area contributed by atoms with E-state index in [-0.39, 0.29) is 0 Å². The van der Waals surface area contributed by atoms with Crippen LogP contribution in [0, 0.1) is 13.8 Å². The van der Waals surface area contributed by atoms with Crippen molar-refractivity contribution in [2.75, 3.05) is 19.6 Å². The predicted molar refractivity (Wildman–Crippen MR) is 366 cm³/mol. The van der Waals surface area contributed by atoms with Gasteiger partial charge in [-0.3, -0.25) is 0 Å². The number of hydrogen-bond acceptors (Lipinski definition) is 4. The van der Waals surface area contributed by atoms with Gasteiger partial charge in [-0.1, -0.05) is 181 Å². The highest BCUT2D eigenvalue weighted by Gasteiger charge is 2.52. The van der Waals surface area contributed by atoms with Crippen molar-refractivity contribution in [3.8, 4) is 22.3 Å². The van der Waals surface area contributed by atoms with E-state index in [1.807, 2.05) is 0 Å². The lowest BCUT2D eigenvalue weighted by molar-refractivity contribution is 0.802. The van der Waals surface area contributed by atoms with Crippen LogP contribution in [0.15, 0.2) is 328 Å². The number of rotatable bonds is 12. The summed E-state index contributed by atoms with van der Waals surface area (Å²) < 4.78 is 0. The van der Waals surface area contributed by atoms with Gasteiger partial charge in [-0.25, -0.2) is 0 Å². The van der Waals surface area contributed by atoms with Crippen LogP contribution in [0.3, 0.4) is 0 Å². The van der Waals surface area contributed by atoms with Gasteiger partial charge in [0.15, 0.2) is 0 Å². The molecule has 0 fully saturated rings. The molecule has 0 N–H and O–H groups in total. The van der Waals surface area contributed by atoms with Crippen LogP contribution in [0.2, 0.25) is 0 Å². The Morgan fingerprint density at radius 1 is 0.207 bits per heavy atom. The smallest absolute Gasteiger partial charge is 0.0731 e. The third-order valence-electron chi connectivity index (χ3n) is 17.9. The summed E-state index contributed by atoms with van der Waals surface area (Å²) in [6.07, 6.45) is 0. The summed E-state index contributed by atoms with van der Waals surface area (Å²) in [5, 5.41) is 4.83. The number of para-hydroxylation sites is 4. The molecule has 2 aliphatic rings. The van der Waals surface area contributed by atoms with E-state index in [1.54, 1.807) is 0 Å². The standard InChI is InChI=1S/C83H60N4/c1-57-31-37-66(38-32-57)86(67-39-33-58(2)34-40-67)72-41-35-59-55-78-77-51-36-60-53-73(50-52-74(60)82(77)83(81(78)56-61(59)54-72)79-29-17-15-27-75(79)76-28-16-18-30-80(76)83)87(70-46-42-68(43-47-70)84(62-19-7-3-8-20-62)63-21-9-4-10-22-63)71-48-44-69(45-49-71)85(64-23-11-5-12-24-64)65-25-13-6-14-26-65/h3-56H,1-2H3. The van der Waals surface area contributed by atoms with Crippen molar-refractivity contribution in [2.45, 2.75) is 19.3 Å². The molecule has 0 radical (unpaired) electrons. The highest BCUT2D eigenvalue weighted by molar-refractivity contribution is 6.07. The van der Waals surface area contributed by atoms with E-state index in [2.05, 4.69) is 361 Å². The van der Waals surface area contributed by atoms with E-state index >= 15 is 0 Å². The molecule has 0 heterocycles. The van der Waals surface area contributed by atoms with Crippen molar-refractivity contribution in [1.82, 2.24) is 0 Å². The molecule has 0 amide bonds. The zero-order valence-corrected chi connectivity index (χ0v) is 48.5. The first-order valence-corrected chi connectivity index (χ1v) is 30.1. The molecule has 0 saturated heterocycles. The van der Waals surface area contributed by atoms with Gasteiger partial charge in [0.1, 0.15) is 0 Å². The van der Waals surface area contributed by atoms with Gasteiger partial charge in [-0.2, -0.15) is 0 Å². The first kappa shape index (κ1) is 51.4. The number of anilines is 12. The molecule has 0 aromatic heterocycles. The van der Waals surface area contributed by atoms with E-state index in [0.29, 0.717) is 0 Å². The van der Waals surface area contributed by atoms with Gasteiger partial charge < -0.3 is 19.6 Å². The van der Waals surface area contributed by atoms with E-state index in [0.717, 1.165) is 68.2 Å². The Hall–Kier alpha value is -11.2. The molecule has 0 aliphatic heterocycles. The van der Waals surface area contributed by atoms with Gasteiger partial charge in [-0.15, -0.1) is 0 Å². The molecule has 0 unspecified atom stereocenters. The number of hydrogen-bond donors (Lipinski definition) is 0. The van der Waals surface area contributed by atoms with Gasteiger partial charge in [0.05, 0.1) is 5.41 Å². The Morgan fingerprint density at radius 3 is 0.954 bits per heavy atom. The Morgan fingerprint density at radius 2 is 0.529 bits per heavy atom. The maximum absolute atomic E-state index is 2.53. The number of nitrogens with zero attached hydrogens (tertiary/aromatic N) is 4. The monoisotopic (exact) mass is 1110 g/mol. The van der Waals surface area contributed by atoms with Crippen LogP contribution in [0.4, 0.5) is 68.2 Å². The van der Waals surface area contributed by atoms with Crippen LogP contribution in [0.25, 0.3) is 43.8 Å². The van der Waals surface area contributed by atoms with E-state index in [1.165, 1.54) is 77.2 Å². The molecule has 2 aliphatic carbocycles. The zero-order chi connectivity index (χ0) is 58.0. The van der Waals surface area contributed by atoms with Crippen LogP contribution in [-0.2, 0) is 5.41 Å². The quantitative estimate of drug-likeness (QED) is 0.121. The highest BCUT2D eigenvalue weighted by Crippen LogP contribution is 2.65. The minimum absolute atomic E-state index is 0.589. The summed E-state index contributed by atoms with van der Waals surface area (Å²) in [4.78, 5) is 9.45. The lowest BCUT2D eigenvalue weighted by Crippen LogP contribution is -2.26. The van der Waals surface area contributed by atoms with E-state index < -0.39 is 5.41 Å². The number of aryl methyl sites for hydroxylation is 2. The molecule has 0 saturated carbocycles. The zero-order valence-electron chi connectivity index (χ0n) is 48.5. The van der Waals surface area contributed by atoms with Crippen LogP contribution >= 0.6 is 0 Å². The Balaban J connectivity index is 0.870. The molecule has 4 heteroatoms. The van der Waals surface area contributed by atoms with Gasteiger partial charge in [-0.05, 0) is 238 Å². The number of benzene rings is 14. The topological polar surface area (TPSA) is 13.0 Å². The fourth-order valence-electron chi connectivity index (χ4n) is 14.0. The second kappa shape index (κ2) is 21.1. The second-order valence-corrected chi connectivity index (χ2v) is 23.1. The van der Waals surface area contributed by atoms with Gasteiger partial charge >= 0.3 is 0 Å². The lowest BCUT2D eigenvalue weighted by Gasteiger charge is -2.32. The van der Waals surface area contributed by atoms with Gasteiger partial charge in [0.25, 0.3) is 0 Å². The SMILES string of the molecule is Cc1ccc(N(c2ccc(C)cc2)c2ccc3cc4c(cc3c2)C2(c3ccccc3-c3ccccc32)c2c-4ccc3cc(N(c4ccc(N(c5ccccc5)c5ccccc5)cc4)c4ccc(N(c5ccccc5)c5ccccc5)cc4)ccc23)cc1. The molecule has 87 heavy (non-hydrogen) atoms. The molecule has 14 aromatic carbocycles. The van der Waals surface area contributed by atoms with Crippen molar-refractivity contribution < 1.29 is 0 Å². The molecule has 1 spiro atoms. The van der Waals surface area contributed by atoms with Crippen molar-refractivity contribution in [2.24, 2.45) is 0 Å². The number of fused-ring (bicyclic) bond motifs is 13. The normalized spacial score (nSPS) is 12.3. The summed E-state index contributed by atoms with van der Waals surface area (Å²) in [7, 11) is 0. The Kier molecular flexibility index (Phi) is 12.5. The molecular weight excluding hydrogens is 1050 g/mol. The first-order valence-electron chi connectivity index (χ1n) is 30.1. The Bertz CT molecular complexity index is 4560. The molecule has 0 bridgehead atoms. The van der Waals surface area contributed by atoms with E-state index in [4.69, 9.17) is 0 Å². The molecular formula is C83H60N4. The van der Waals surface area contributed by atoms with Crippen LogP contribution in [0.1, 0.15) is 33.4 Å². The van der Waals surface area contributed by atoms with Crippen LogP contribution in [-0.4, -0.2) is 0 Å². The van der Waals surface area contributed by atoms with Gasteiger partial charge in [0.2, 0.25) is 0 Å². The van der Waals surface area contributed by atoms with Crippen molar-refractivity contribution in [1.29, 1.82) is 0 Å². The molecule has 412 valence electrons. The van der Waals surface area contributed by atoms with Crippen molar-refractivity contribution in [3.05, 3.63) is 361 Å². The molecule has 16 rings (SSSR count). The third-order valence-corrected chi connectivity index (χ3v) is 17.9. The molecule has 14 aromatic rings. The van der Waals surface area contributed by atoms with E-state index in [9.17, 15) is 0 Å². The van der Waals surface area contributed by atoms with Crippen LogP contribution in [0.5, 0.6) is 0 Å².